The van der Waals surface area contributed by atoms with Gasteiger partial charge < -0.3 is 10.6 Å². The highest BCUT2D eigenvalue weighted by Gasteiger charge is 2.26. The van der Waals surface area contributed by atoms with Crippen molar-refractivity contribution < 1.29 is 9.18 Å². The number of benzene rings is 1. The molecule has 0 atom stereocenters. The van der Waals surface area contributed by atoms with Crippen LogP contribution in [0.1, 0.15) is 12.8 Å². The fourth-order valence-corrected chi connectivity index (χ4v) is 3.42. The Bertz CT molecular complexity index is 965. The summed E-state index contributed by atoms with van der Waals surface area (Å²) >= 11 is 6.14. The molecule has 2 N–H and O–H groups in total. The van der Waals surface area contributed by atoms with Gasteiger partial charge in [0.2, 0.25) is 11.2 Å². The maximum Gasteiger partial charge on any atom is 0.226 e. The van der Waals surface area contributed by atoms with Gasteiger partial charge in [-0.05, 0) is 48.7 Å². The highest BCUT2D eigenvalue weighted by molar-refractivity contribution is 6.28. The van der Waals surface area contributed by atoms with Crippen LogP contribution >= 0.6 is 11.6 Å². The largest absolute Gasteiger partial charge is 0.369 e. The number of aromatic nitrogens is 4. The highest BCUT2D eigenvalue weighted by Crippen LogP contribution is 2.30. The van der Waals surface area contributed by atoms with Crippen LogP contribution in [0.4, 0.5) is 10.2 Å². The van der Waals surface area contributed by atoms with E-state index in [2.05, 4.69) is 20.0 Å². The molecule has 4 rings (SSSR count). The first kappa shape index (κ1) is 16.7. The second kappa shape index (κ2) is 6.53. The van der Waals surface area contributed by atoms with Crippen molar-refractivity contribution in [2.24, 2.45) is 11.7 Å². The number of halogens is 2. The lowest BCUT2D eigenvalue weighted by atomic mass is 9.96. The van der Waals surface area contributed by atoms with Gasteiger partial charge >= 0.3 is 0 Å². The van der Waals surface area contributed by atoms with Gasteiger partial charge in [-0.15, -0.1) is 0 Å². The van der Waals surface area contributed by atoms with E-state index in [4.69, 9.17) is 17.3 Å². The molecule has 0 aliphatic carbocycles. The average Bonchev–Trinajstić information content (AvgIpc) is 3.05. The van der Waals surface area contributed by atoms with Crippen molar-refractivity contribution in [1.29, 1.82) is 0 Å². The Morgan fingerprint density at radius 2 is 1.88 bits per heavy atom. The molecule has 9 heteroatoms. The van der Waals surface area contributed by atoms with Gasteiger partial charge in [0.05, 0.1) is 17.3 Å². The Labute approximate surface area is 153 Å². The summed E-state index contributed by atoms with van der Waals surface area (Å²) in [7, 11) is 0. The summed E-state index contributed by atoms with van der Waals surface area (Å²) in [5.41, 5.74) is 6.62. The van der Waals surface area contributed by atoms with E-state index in [0.29, 0.717) is 43.1 Å². The number of amides is 1. The van der Waals surface area contributed by atoms with E-state index in [1.54, 1.807) is 23.0 Å². The summed E-state index contributed by atoms with van der Waals surface area (Å²) in [5, 5.41) is 5.22. The molecule has 0 radical (unpaired) electrons. The Balaban J connectivity index is 1.73. The molecule has 1 aromatic carbocycles. The zero-order valence-corrected chi connectivity index (χ0v) is 14.5. The molecular formula is C17H16ClFN6O. The smallest absolute Gasteiger partial charge is 0.226 e. The fourth-order valence-electron chi connectivity index (χ4n) is 3.26. The molecule has 0 bridgehead atoms. The van der Waals surface area contributed by atoms with Crippen LogP contribution in [0.15, 0.2) is 30.5 Å². The molecule has 1 saturated heterocycles. The average molecular weight is 375 g/mol. The van der Waals surface area contributed by atoms with E-state index in [1.165, 1.54) is 12.1 Å². The van der Waals surface area contributed by atoms with Gasteiger partial charge in [-0.25, -0.2) is 9.07 Å². The summed E-state index contributed by atoms with van der Waals surface area (Å²) in [4.78, 5) is 22.1. The van der Waals surface area contributed by atoms with Crippen molar-refractivity contribution >= 4 is 34.4 Å². The van der Waals surface area contributed by atoms with E-state index in [1.807, 2.05) is 0 Å². The molecule has 0 unspecified atom stereocenters. The third-order valence-electron chi connectivity index (χ3n) is 4.65. The van der Waals surface area contributed by atoms with Crippen LogP contribution in [0, 0.1) is 11.7 Å². The zero-order chi connectivity index (χ0) is 18.3. The Morgan fingerprint density at radius 3 is 2.54 bits per heavy atom. The SMILES string of the molecule is NC(=O)C1CCN(c2nc(Cl)nc3c2cnn3-c2ccc(F)cc2)CC1. The Kier molecular flexibility index (Phi) is 4.20. The third-order valence-corrected chi connectivity index (χ3v) is 4.82. The lowest BCUT2D eigenvalue weighted by molar-refractivity contribution is -0.122. The molecular weight excluding hydrogens is 359 g/mol. The predicted molar refractivity (Wildman–Crippen MR) is 95.8 cm³/mol. The zero-order valence-electron chi connectivity index (χ0n) is 13.8. The monoisotopic (exact) mass is 374 g/mol. The first-order chi connectivity index (χ1) is 12.5. The first-order valence-electron chi connectivity index (χ1n) is 8.24. The second-order valence-electron chi connectivity index (χ2n) is 6.25. The van der Waals surface area contributed by atoms with E-state index in [-0.39, 0.29) is 22.9 Å². The van der Waals surface area contributed by atoms with Gasteiger partial charge in [0, 0.05) is 19.0 Å². The third kappa shape index (κ3) is 2.96. The molecule has 1 amide bonds. The molecule has 1 aliphatic rings. The lowest BCUT2D eigenvalue weighted by Crippen LogP contribution is -2.39. The van der Waals surface area contributed by atoms with Gasteiger partial charge in [0.25, 0.3) is 0 Å². The number of fused-ring (bicyclic) bond motifs is 1. The van der Waals surface area contributed by atoms with Gasteiger partial charge in [-0.2, -0.15) is 15.1 Å². The standard InChI is InChI=1S/C17H16ClFN6O/c18-17-22-15(24-7-5-10(6-8-24)14(20)26)13-9-21-25(16(13)23-17)12-3-1-11(19)2-4-12/h1-4,9-10H,5-8H2,(H2,20,26). The number of piperidine rings is 1. The number of carbonyl (C=O) groups excluding carboxylic acids is 1. The van der Waals surface area contributed by atoms with Crippen molar-refractivity contribution in [3.05, 3.63) is 41.6 Å². The molecule has 3 heterocycles. The van der Waals surface area contributed by atoms with Crippen molar-refractivity contribution in [3.63, 3.8) is 0 Å². The predicted octanol–water partition coefficient (Wildman–Crippen LogP) is 2.31. The van der Waals surface area contributed by atoms with Crippen LogP contribution in [0.3, 0.4) is 0 Å². The topological polar surface area (TPSA) is 89.9 Å². The minimum Gasteiger partial charge on any atom is -0.369 e. The number of nitrogens with two attached hydrogens (primary N) is 1. The molecule has 134 valence electrons. The van der Waals surface area contributed by atoms with Crippen LogP contribution < -0.4 is 10.6 Å². The number of primary amides is 1. The van der Waals surface area contributed by atoms with Crippen LogP contribution in [0.5, 0.6) is 0 Å². The summed E-state index contributed by atoms with van der Waals surface area (Å²) in [6.45, 7) is 1.30. The summed E-state index contributed by atoms with van der Waals surface area (Å²) in [6.07, 6.45) is 3.01. The Hall–Kier alpha value is -2.74. The van der Waals surface area contributed by atoms with Crippen LogP contribution in [-0.4, -0.2) is 38.7 Å². The first-order valence-corrected chi connectivity index (χ1v) is 8.62. The molecule has 26 heavy (non-hydrogen) atoms. The molecule has 0 spiro atoms. The molecule has 1 aliphatic heterocycles. The number of nitrogens with zero attached hydrogens (tertiary/aromatic N) is 5. The molecule has 0 saturated carbocycles. The number of hydrogen-bond donors (Lipinski definition) is 1. The second-order valence-corrected chi connectivity index (χ2v) is 6.59. The van der Waals surface area contributed by atoms with Crippen LogP contribution in [0.25, 0.3) is 16.7 Å². The van der Waals surface area contributed by atoms with E-state index < -0.39 is 0 Å². The van der Waals surface area contributed by atoms with Gasteiger partial charge in [0.15, 0.2) is 5.65 Å². The maximum absolute atomic E-state index is 13.2. The number of carbonyl (C=O) groups is 1. The van der Waals surface area contributed by atoms with Gasteiger partial charge in [-0.1, -0.05) is 0 Å². The number of anilines is 1. The minimum absolute atomic E-state index is 0.105. The minimum atomic E-state index is -0.323. The Morgan fingerprint density at radius 1 is 1.19 bits per heavy atom. The van der Waals surface area contributed by atoms with Crippen LogP contribution in [-0.2, 0) is 4.79 Å². The number of hydrogen-bond acceptors (Lipinski definition) is 5. The van der Waals surface area contributed by atoms with Gasteiger partial charge in [0.1, 0.15) is 11.6 Å². The lowest BCUT2D eigenvalue weighted by Gasteiger charge is -2.31. The quantitative estimate of drug-likeness (QED) is 0.710. The maximum atomic E-state index is 13.2. The molecule has 1 fully saturated rings. The van der Waals surface area contributed by atoms with Crippen molar-refractivity contribution in [2.75, 3.05) is 18.0 Å². The van der Waals surface area contributed by atoms with Gasteiger partial charge in [-0.3, -0.25) is 4.79 Å². The molecule has 3 aromatic rings. The van der Waals surface area contributed by atoms with E-state index in [9.17, 15) is 9.18 Å². The normalized spacial score (nSPS) is 15.5. The van der Waals surface area contributed by atoms with E-state index >= 15 is 0 Å². The van der Waals surface area contributed by atoms with Crippen molar-refractivity contribution in [1.82, 2.24) is 19.7 Å². The molecule has 2 aromatic heterocycles. The summed E-state index contributed by atoms with van der Waals surface area (Å²) in [5.74, 6) is -0.0206. The fraction of sp³-hybridized carbons (Fsp3) is 0.294. The summed E-state index contributed by atoms with van der Waals surface area (Å²) < 4.78 is 14.8. The summed E-state index contributed by atoms with van der Waals surface area (Å²) in [6, 6.07) is 5.97. The van der Waals surface area contributed by atoms with Crippen molar-refractivity contribution in [3.8, 4) is 5.69 Å². The van der Waals surface area contributed by atoms with Crippen LogP contribution in [0.2, 0.25) is 5.28 Å². The molecule has 7 nitrogen and oxygen atoms in total. The van der Waals surface area contributed by atoms with Crippen molar-refractivity contribution in [2.45, 2.75) is 12.8 Å². The van der Waals surface area contributed by atoms with E-state index in [0.717, 1.165) is 5.39 Å². The highest BCUT2D eigenvalue weighted by atomic mass is 35.5. The number of rotatable bonds is 3.